The number of nitrogens with zero attached hydrogens (tertiary/aromatic N) is 2. The molecule has 0 saturated carbocycles. The van der Waals surface area contributed by atoms with E-state index in [0.29, 0.717) is 11.5 Å². The third-order valence-corrected chi connectivity index (χ3v) is 2.92. The highest BCUT2D eigenvalue weighted by atomic mass is 14.8. The summed E-state index contributed by atoms with van der Waals surface area (Å²) in [5.41, 5.74) is 21.4. The molecule has 110 valence electrons. The monoisotopic (exact) mass is 283 g/mol. The van der Waals surface area contributed by atoms with Crippen LogP contribution in [0, 0.1) is 0 Å². The van der Waals surface area contributed by atoms with Gasteiger partial charge in [0.05, 0.1) is 0 Å². The summed E-state index contributed by atoms with van der Waals surface area (Å²) < 4.78 is 0. The molecule has 0 aliphatic heterocycles. The van der Waals surface area contributed by atoms with E-state index in [1.54, 1.807) is 19.5 Å². The number of aliphatic imine (C=N–C) groups is 1. The fraction of sp³-hybridized carbons (Fsp3) is 0.125. The number of pyridine rings is 1. The number of nitrogen functional groups attached to an aromatic ring is 2. The van der Waals surface area contributed by atoms with E-state index in [1.807, 2.05) is 30.3 Å². The zero-order chi connectivity index (χ0) is 14.5. The number of benzene rings is 1. The summed E-state index contributed by atoms with van der Waals surface area (Å²) in [5.74, 6) is 0.461. The van der Waals surface area contributed by atoms with Gasteiger partial charge >= 0.3 is 0 Å². The number of hydrogen-bond acceptors (Lipinski definition) is 5. The SMILES string of the molecule is C.CN=C/C(=C\N)c1cnc(N)c(-c2ccc(N)cc2)c1. The van der Waals surface area contributed by atoms with Gasteiger partial charge in [-0.3, -0.25) is 4.99 Å². The molecule has 1 aromatic heterocycles. The molecule has 2 aromatic rings. The minimum Gasteiger partial charge on any atom is -0.404 e. The van der Waals surface area contributed by atoms with Crippen molar-refractivity contribution >= 4 is 23.3 Å². The molecule has 2 rings (SSSR count). The van der Waals surface area contributed by atoms with E-state index in [9.17, 15) is 0 Å². The Morgan fingerprint density at radius 2 is 1.86 bits per heavy atom. The Labute approximate surface area is 125 Å². The maximum Gasteiger partial charge on any atom is 0.131 e. The Bertz CT molecular complexity index is 657. The van der Waals surface area contributed by atoms with Crippen molar-refractivity contribution in [2.45, 2.75) is 7.43 Å². The second-order valence-electron chi connectivity index (χ2n) is 4.29. The average Bonchev–Trinajstić information content (AvgIpc) is 2.46. The number of rotatable bonds is 3. The second-order valence-corrected chi connectivity index (χ2v) is 4.29. The van der Waals surface area contributed by atoms with Gasteiger partial charge in [-0.1, -0.05) is 19.6 Å². The molecule has 21 heavy (non-hydrogen) atoms. The third-order valence-electron chi connectivity index (χ3n) is 2.92. The molecule has 0 bridgehead atoms. The standard InChI is InChI=1S/C15H17N5.CH4/c1-19-8-12(7-16)11-6-14(15(18)20-9-11)10-2-4-13(17)5-3-10;/h2-9H,16-17H2,1H3,(H2,18,20);1H4/b12-7+,19-8?;. The van der Waals surface area contributed by atoms with Gasteiger partial charge in [0, 0.05) is 48.0 Å². The van der Waals surface area contributed by atoms with Crippen LogP contribution >= 0.6 is 0 Å². The summed E-state index contributed by atoms with van der Waals surface area (Å²) in [7, 11) is 1.69. The fourth-order valence-corrected chi connectivity index (χ4v) is 1.88. The molecule has 1 heterocycles. The van der Waals surface area contributed by atoms with Gasteiger partial charge in [0.2, 0.25) is 0 Å². The zero-order valence-electron chi connectivity index (χ0n) is 11.2. The van der Waals surface area contributed by atoms with Gasteiger partial charge < -0.3 is 17.2 Å². The van der Waals surface area contributed by atoms with E-state index in [0.717, 1.165) is 22.3 Å². The molecular formula is C16H21N5. The average molecular weight is 283 g/mol. The zero-order valence-corrected chi connectivity index (χ0v) is 11.2. The van der Waals surface area contributed by atoms with Crippen LogP contribution in [0.1, 0.15) is 13.0 Å². The largest absolute Gasteiger partial charge is 0.404 e. The number of allylic oxidation sites excluding steroid dienone is 1. The van der Waals surface area contributed by atoms with Crippen LogP contribution in [0.5, 0.6) is 0 Å². The summed E-state index contributed by atoms with van der Waals surface area (Å²) in [6.45, 7) is 0. The van der Waals surface area contributed by atoms with E-state index in [1.165, 1.54) is 6.20 Å². The Morgan fingerprint density at radius 1 is 1.19 bits per heavy atom. The van der Waals surface area contributed by atoms with E-state index < -0.39 is 0 Å². The predicted octanol–water partition coefficient (Wildman–Crippen LogP) is 2.55. The predicted molar refractivity (Wildman–Crippen MR) is 91.8 cm³/mol. The summed E-state index contributed by atoms with van der Waals surface area (Å²) >= 11 is 0. The Balaban J connectivity index is 0.00000220. The first-order valence-corrected chi connectivity index (χ1v) is 6.11. The fourth-order valence-electron chi connectivity index (χ4n) is 1.88. The highest BCUT2D eigenvalue weighted by Crippen LogP contribution is 2.27. The van der Waals surface area contributed by atoms with Gasteiger partial charge in [0.1, 0.15) is 5.82 Å². The van der Waals surface area contributed by atoms with Crippen molar-refractivity contribution in [1.82, 2.24) is 4.98 Å². The highest BCUT2D eigenvalue weighted by Gasteiger charge is 2.07. The molecule has 0 atom stereocenters. The maximum absolute atomic E-state index is 5.95. The van der Waals surface area contributed by atoms with Crippen molar-refractivity contribution in [1.29, 1.82) is 0 Å². The number of hydrogen-bond donors (Lipinski definition) is 3. The molecule has 0 spiro atoms. The van der Waals surface area contributed by atoms with Crippen molar-refractivity contribution in [3.63, 3.8) is 0 Å². The molecule has 5 heteroatoms. The molecule has 0 aliphatic rings. The molecule has 0 aliphatic carbocycles. The maximum atomic E-state index is 5.95. The van der Waals surface area contributed by atoms with Crippen molar-refractivity contribution in [2.75, 3.05) is 18.5 Å². The van der Waals surface area contributed by atoms with Gasteiger partial charge in [-0.05, 0) is 23.8 Å². The molecule has 0 unspecified atom stereocenters. The summed E-state index contributed by atoms with van der Waals surface area (Å²) in [4.78, 5) is 8.19. The third kappa shape index (κ3) is 3.60. The number of aromatic nitrogens is 1. The molecule has 5 nitrogen and oxygen atoms in total. The first-order valence-electron chi connectivity index (χ1n) is 6.11. The van der Waals surface area contributed by atoms with E-state index in [2.05, 4.69) is 9.98 Å². The lowest BCUT2D eigenvalue weighted by Gasteiger charge is -2.09. The normalized spacial score (nSPS) is 11.4. The quantitative estimate of drug-likeness (QED) is 0.595. The Hall–Kier alpha value is -2.82. The van der Waals surface area contributed by atoms with Crippen LogP contribution < -0.4 is 17.2 Å². The lowest BCUT2D eigenvalue weighted by molar-refractivity contribution is 1.32. The van der Waals surface area contributed by atoms with Crippen LogP contribution in [0.15, 0.2) is 47.7 Å². The minimum absolute atomic E-state index is 0. The van der Waals surface area contributed by atoms with Crippen LogP contribution in [0.3, 0.4) is 0 Å². The number of nitrogens with two attached hydrogens (primary N) is 3. The van der Waals surface area contributed by atoms with Crippen molar-refractivity contribution in [3.05, 3.63) is 48.3 Å². The second kappa shape index (κ2) is 7.09. The lowest BCUT2D eigenvalue weighted by atomic mass is 10.0. The molecule has 0 amide bonds. The van der Waals surface area contributed by atoms with Crippen molar-refractivity contribution in [3.8, 4) is 11.1 Å². The van der Waals surface area contributed by atoms with E-state index >= 15 is 0 Å². The molecule has 0 saturated heterocycles. The van der Waals surface area contributed by atoms with Crippen LogP contribution in [0.2, 0.25) is 0 Å². The van der Waals surface area contributed by atoms with Gasteiger partial charge in [-0.2, -0.15) is 0 Å². The van der Waals surface area contributed by atoms with E-state index in [-0.39, 0.29) is 7.43 Å². The molecule has 6 N–H and O–H groups in total. The van der Waals surface area contributed by atoms with Gasteiger partial charge in [-0.25, -0.2) is 4.98 Å². The Kier molecular flexibility index (Phi) is 5.48. The smallest absolute Gasteiger partial charge is 0.131 e. The van der Waals surface area contributed by atoms with Gasteiger partial charge in [0.15, 0.2) is 0 Å². The molecule has 0 fully saturated rings. The van der Waals surface area contributed by atoms with Crippen molar-refractivity contribution < 1.29 is 0 Å². The van der Waals surface area contributed by atoms with Gasteiger partial charge in [-0.15, -0.1) is 0 Å². The van der Waals surface area contributed by atoms with E-state index in [4.69, 9.17) is 17.2 Å². The minimum atomic E-state index is 0. The van der Waals surface area contributed by atoms with Crippen LogP contribution in [-0.4, -0.2) is 18.2 Å². The first-order chi connectivity index (χ1) is 9.65. The molecule has 0 radical (unpaired) electrons. The van der Waals surface area contributed by atoms with Crippen LogP contribution in [0.4, 0.5) is 11.5 Å². The highest BCUT2D eigenvalue weighted by molar-refractivity contribution is 6.09. The Morgan fingerprint density at radius 3 is 2.43 bits per heavy atom. The topological polar surface area (TPSA) is 103 Å². The summed E-state index contributed by atoms with van der Waals surface area (Å²) in [5, 5.41) is 0. The molecule has 1 aromatic carbocycles. The first kappa shape index (κ1) is 16.2. The summed E-state index contributed by atoms with van der Waals surface area (Å²) in [6, 6.07) is 9.41. The van der Waals surface area contributed by atoms with Crippen LogP contribution in [-0.2, 0) is 0 Å². The van der Waals surface area contributed by atoms with Crippen molar-refractivity contribution in [2.24, 2.45) is 10.7 Å². The van der Waals surface area contributed by atoms with Gasteiger partial charge in [0.25, 0.3) is 0 Å². The summed E-state index contributed by atoms with van der Waals surface area (Å²) in [6.07, 6.45) is 4.85. The lowest BCUT2D eigenvalue weighted by Crippen LogP contribution is -1.98. The number of anilines is 2. The molecular weight excluding hydrogens is 262 g/mol. The van der Waals surface area contributed by atoms with Crippen LogP contribution in [0.25, 0.3) is 16.7 Å².